The van der Waals surface area contributed by atoms with Crippen molar-refractivity contribution < 1.29 is 9.53 Å². The summed E-state index contributed by atoms with van der Waals surface area (Å²) in [5.41, 5.74) is 0.0110. The highest BCUT2D eigenvalue weighted by molar-refractivity contribution is 5.88. The maximum absolute atomic E-state index is 10.3. The van der Waals surface area contributed by atoms with Gasteiger partial charge in [0.25, 0.3) is 0 Å². The molecule has 1 atom stereocenters. The molecule has 8 heavy (non-hydrogen) atoms. The minimum atomic E-state index is -0.123. The number of cyclic esters (lactones) is 1. The van der Waals surface area contributed by atoms with Gasteiger partial charge in [-0.2, -0.15) is 0 Å². The smallest absolute Gasteiger partial charge is 0.348 e. The minimum Gasteiger partial charge on any atom is -0.447 e. The number of hydrogen-bond donors (Lipinski definition) is 0. The average molecular weight is 114 g/mol. The molecule has 0 radical (unpaired) electrons. The first-order valence-corrected chi connectivity index (χ1v) is 2.72. The van der Waals surface area contributed by atoms with Crippen molar-refractivity contribution >= 4 is 5.97 Å². The summed E-state index contributed by atoms with van der Waals surface area (Å²) in [4.78, 5) is 10.3. The molecule has 1 saturated heterocycles. The van der Waals surface area contributed by atoms with Crippen molar-refractivity contribution in [2.45, 2.75) is 26.9 Å². The van der Waals surface area contributed by atoms with E-state index in [4.69, 9.17) is 0 Å². The first-order chi connectivity index (χ1) is 3.52. The van der Waals surface area contributed by atoms with Crippen LogP contribution in [0.2, 0.25) is 0 Å². The molecule has 2 nitrogen and oxygen atoms in total. The standard InChI is InChI=1S/C6H10O2/c1-6(2,3)4-5(7)8-4/h4H,1-3H3. The fraction of sp³-hybridized carbons (Fsp3) is 0.833. The third kappa shape index (κ3) is 0.831. The molecular formula is C6H10O2. The van der Waals surface area contributed by atoms with Crippen LogP contribution >= 0.6 is 0 Å². The van der Waals surface area contributed by atoms with Crippen LogP contribution in [0, 0.1) is 5.41 Å². The molecule has 1 fully saturated rings. The lowest BCUT2D eigenvalue weighted by atomic mass is 9.93. The van der Waals surface area contributed by atoms with Gasteiger partial charge in [0, 0.05) is 5.41 Å². The summed E-state index contributed by atoms with van der Waals surface area (Å²) >= 11 is 0. The zero-order valence-electron chi connectivity index (χ0n) is 5.39. The van der Waals surface area contributed by atoms with Gasteiger partial charge in [0.05, 0.1) is 0 Å². The molecule has 1 unspecified atom stereocenters. The number of carbonyl (C=O) groups excluding carboxylic acids is 1. The van der Waals surface area contributed by atoms with Gasteiger partial charge in [-0.1, -0.05) is 20.8 Å². The largest absolute Gasteiger partial charge is 0.447 e. The minimum absolute atomic E-state index is 0.0110. The Hall–Kier alpha value is -0.530. The van der Waals surface area contributed by atoms with E-state index in [2.05, 4.69) is 4.74 Å². The lowest BCUT2D eigenvalue weighted by Crippen LogP contribution is -2.14. The SMILES string of the molecule is CC(C)(C)C1OC1=O. The first-order valence-electron chi connectivity index (χ1n) is 2.72. The van der Waals surface area contributed by atoms with Crippen molar-refractivity contribution in [2.24, 2.45) is 5.41 Å². The number of carbonyl (C=O) groups is 1. The molecule has 0 amide bonds. The van der Waals surface area contributed by atoms with E-state index in [0.717, 1.165) is 0 Å². The number of ether oxygens (including phenoxy) is 1. The molecule has 1 aliphatic heterocycles. The molecule has 0 saturated carbocycles. The molecule has 1 rings (SSSR count). The van der Waals surface area contributed by atoms with Crippen molar-refractivity contribution in [3.63, 3.8) is 0 Å². The van der Waals surface area contributed by atoms with E-state index in [9.17, 15) is 4.79 Å². The van der Waals surface area contributed by atoms with Crippen molar-refractivity contribution in [1.29, 1.82) is 0 Å². The lowest BCUT2D eigenvalue weighted by Gasteiger charge is -2.09. The molecular weight excluding hydrogens is 104 g/mol. The summed E-state index contributed by atoms with van der Waals surface area (Å²) < 4.78 is 4.64. The molecule has 0 aromatic heterocycles. The van der Waals surface area contributed by atoms with Crippen LogP contribution in [0.3, 0.4) is 0 Å². The second-order valence-corrected chi connectivity index (χ2v) is 3.18. The van der Waals surface area contributed by atoms with E-state index in [1.807, 2.05) is 20.8 Å². The third-order valence-electron chi connectivity index (χ3n) is 1.18. The zero-order valence-corrected chi connectivity index (χ0v) is 5.39. The van der Waals surface area contributed by atoms with E-state index >= 15 is 0 Å². The van der Waals surface area contributed by atoms with Gasteiger partial charge in [-0.05, 0) is 0 Å². The molecule has 0 N–H and O–H groups in total. The summed E-state index contributed by atoms with van der Waals surface area (Å²) in [5, 5.41) is 0. The Labute approximate surface area is 48.8 Å². The zero-order chi connectivity index (χ0) is 6.36. The molecule has 1 aliphatic rings. The summed E-state index contributed by atoms with van der Waals surface area (Å²) in [6, 6.07) is 0. The van der Waals surface area contributed by atoms with Gasteiger partial charge in [-0.15, -0.1) is 0 Å². The number of epoxide rings is 1. The monoisotopic (exact) mass is 114 g/mol. The topological polar surface area (TPSA) is 29.6 Å². The molecule has 1 heterocycles. The predicted octanol–water partition coefficient (Wildman–Crippen LogP) is 0.958. The average Bonchev–Trinajstić information content (AvgIpc) is 2.13. The van der Waals surface area contributed by atoms with Gasteiger partial charge in [-0.3, -0.25) is 0 Å². The molecule has 0 spiro atoms. The Morgan fingerprint density at radius 3 is 1.88 bits per heavy atom. The van der Waals surface area contributed by atoms with E-state index in [1.54, 1.807) is 0 Å². The summed E-state index contributed by atoms with van der Waals surface area (Å²) in [5.74, 6) is -0.0579. The van der Waals surface area contributed by atoms with Gasteiger partial charge in [0.1, 0.15) is 0 Å². The third-order valence-corrected chi connectivity index (χ3v) is 1.18. The maximum atomic E-state index is 10.3. The Balaban J connectivity index is 2.51. The van der Waals surface area contributed by atoms with Crippen LogP contribution in [0.25, 0.3) is 0 Å². The van der Waals surface area contributed by atoms with Crippen LogP contribution in [-0.4, -0.2) is 12.1 Å². The van der Waals surface area contributed by atoms with E-state index in [-0.39, 0.29) is 17.5 Å². The van der Waals surface area contributed by atoms with Gasteiger partial charge in [0.2, 0.25) is 6.10 Å². The van der Waals surface area contributed by atoms with Crippen LogP contribution in [0.15, 0.2) is 0 Å². The molecule has 0 bridgehead atoms. The Morgan fingerprint density at radius 2 is 1.88 bits per heavy atom. The first kappa shape index (κ1) is 5.60. The summed E-state index contributed by atoms with van der Waals surface area (Å²) in [7, 11) is 0. The van der Waals surface area contributed by atoms with Crippen molar-refractivity contribution in [1.82, 2.24) is 0 Å². The summed E-state index contributed by atoms with van der Waals surface area (Å²) in [6.07, 6.45) is -0.123. The highest BCUT2D eigenvalue weighted by atomic mass is 16.6. The number of rotatable bonds is 0. The fourth-order valence-corrected chi connectivity index (χ4v) is 0.612. The molecule has 0 aromatic rings. The molecule has 2 heteroatoms. The molecule has 0 aromatic carbocycles. The van der Waals surface area contributed by atoms with Crippen molar-refractivity contribution in [3.05, 3.63) is 0 Å². The Morgan fingerprint density at radius 1 is 1.50 bits per heavy atom. The maximum Gasteiger partial charge on any atom is 0.348 e. The van der Waals surface area contributed by atoms with Crippen LogP contribution in [-0.2, 0) is 9.53 Å². The van der Waals surface area contributed by atoms with Gasteiger partial charge < -0.3 is 4.74 Å². The lowest BCUT2D eigenvalue weighted by molar-refractivity contribution is -0.117. The second-order valence-electron chi connectivity index (χ2n) is 3.18. The van der Waals surface area contributed by atoms with E-state index < -0.39 is 0 Å². The highest BCUT2D eigenvalue weighted by Gasteiger charge is 2.47. The molecule has 0 aliphatic carbocycles. The normalized spacial score (nSPS) is 27.4. The van der Waals surface area contributed by atoms with Crippen molar-refractivity contribution in [2.75, 3.05) is 0 Å². The predicted molar refractivity (Wildman–Crippen MR) is 29.3 cm³/mol. The van der Waals surface area contributed by atoms with Crippen molar-refractivity contribution in [3.8, 4) is 0 Å². The van der Waals surface area contributed by atoms with E-state index in [0.29, 0.717) is 0 Å². The van der Waals surface area contributed by atoms with Crippen LogP contribution in [0.1, 0.15) is 20.8 Å². The van der Waals surface area contributed by atoms with Gasteiger partial charge >= 0.3 is 5.97 Å². The summed E-state index contributed by atoms with van der Waals surface area (Å²) in [6.45, 7) is 5.97. The quantitative estimate of drug-likeness (QED) is 0.439. The van der Waals surface area contributed by atoms with Crippen LogP contribution in [0.4, 0.5) is 0 Å². The highest BCUT2D eigenvalue weighted by Crippen LogP contribution is 2.32. The van der Waals surface area contributed by atoms with Crippen LogP contribution in [0.5, 0.6) is 0 Å². The van der Waals surface area contributed by atoms with Gasteiger partial charge in [-0.25, -0.2) is 4.79 Å². The van der Waals surface area contributed by atoms with Gasteiger partial charge in [0.15, 0.2) is 0 Å². The number of hydrogen-bond acceptors (Lipinski definition) is 2. The van der Waals surface area contributed by atoms with E-state index in [1.165, 1.54) is 0 Å². The second kappa shape index (κ2) is 1.24. The Kier molecular flexibility index (Phi) is 0.872. The Bertz CT molecular complexity index is 121. The molecule has 46 valence electrons. The fourth-order valence-electron chi connectivity index (χ4n) is 0.612. The van der Waals surface area contributed by atoms with Crippen LogP contribution < -0.4 is 0 Å².